The van der Waals surface area contributed by atoms with E-state index in [4.69, 9.17) is 0 Å². The molecule has 0 aromatic heterocycles. The largest absolute Gasteiger partial charge is 0.276 e. The number of nitrogens with zero attached hydrogens (tertiary/aromatic N) is 1. The monoisotopic (exact) mass is 316 g/mol. The van der Waals surface area contributed by atoms with Gasteiger partial charge in [-0.25, -0.2) is 4.83 Å². The molecule has 0 unspecified atom stereocenters. The van der Waals surface area contributed by atoms with Crippen molar-refractivity contribution in [2.24, 2.45) is 5.10 Å². The van der Waals surface area contributed by atoms with Gasteiger partial charge in [-0.05, 0) is 36.1 Å². The molecule has 0 spiro atoms. The molecule has 2 aromatic rings. The highest BCUT2D eigenvalue weighted by molar-refractivity contribution is 7.89. The highest BCUT2D eigenvalue weighted by Gasteiger charge is 2.11. The molecule has 4 nitrogen and oxygen atoms in total. The van der Waals surface area contributed by atoms with E-state index in [1.807, 2.05) is 31.2 Å². The Morgan fingerprint density at radius 1 is 1.00 bits per heavy atom. The lowest BCUT2D eigenvalue weighted by molar-refractivity contribution is 0.584. The van der Waals surface area contributed by atoms with Crippen LogP contribution in [0.4, 0.5) is 0 Å². The van der Waals surface area contributed by atoms with Crippen molar-refractivity contribution in [1.29, 1.82) is 0 Å². The minimum absolute atomic E-state index is 0.199. The van der Waals surface area contributed by atoms with Crippen LogP contribution in [-0.2, 0) is 10.0 Å². The van der Waals surface area contributed by atoms with E-state index in [-0.39, 0.29) is 4.90 Å². The van der Waals surface area contributed by atoms with Crippen LogP contribution in [0.5, 0.6) is 0 Å². The van der Waals surface area contributed by atoms with Gasteiger partial charge in [0.05, 0.1) is 11.1 Å². The van der Waals surface area contributed by atoms with Gasteiger partial charge in [-0.15, -0.1) is 0 Å². The predicted molar refractivity (Wildman–Crippen MR) is 89.6 cm³/mol. The van der Waals surface area contributed by atoms with Gasteiger partial charge in [-0.2, -0.15) is 13.5 Å². The molecular weight excluding hydrogens is 296 g/mol. The SMILES string of the molecule is Cc1ccc(S(=O)(=O)NN=Cc2ccc(C(C)C)cc2)cc1. The normalized spacial score (nSPS) is 12.0. The third-order valence-corrected chi connectivity index (χ3v) is 4.56. The summed E-state index contributed by atoms with van der Waals surface area (Å²) in [5.74, 6) is 0.464. The molecule has 2 aromatic carbocycles. The number of benzene rings is 2. The number of sulfonamides is 1. The second-order valence-electron chi connectivity index (χ2n) is 5.49. The van der Waals surface area contributed by atoms with Crippen molar-refractivity contribution in [3.63, 3.8) is 0 Å². The van der Waals surface area contributed by atoms with Crippen molar-refractivity contribution in [3.05, 3.63) is 65.2 Å². The Kier molecular flexibility index (Phi) is 4.98. The van der Waals surface area contributed by atoms with Crippen molar-refractivity contribution >= 4 is 16.2 Å². The molecule has 0 heterocycles. The zero-order chi connectivity index (χ0) is 16.2. The van der Waals surface area contributed by atoms with E-state index in [0.29, 0.717) is 5.92 Å². The Labute approximate surface area is 131 Å². The molecule has 2 rings (SSSR count). The molecule has 0 aliphatic heterocycles. The van der Waals surface area contributed by atoms with Crippen LogP contribution in [0.3, 0.4) is 0 Å². The third-order valence-electron chi connectivity index (χ3n) is 3.32. The second-order valence-corrected chi connectivity index (χ2v) is 7.15. The van der Waals surface area contributed by atoms with Crippen LogP contribution in [0, 0.1) is 6.92 Å². The van der Waals surface area contributed by atoms with Crippen LogP contribution in [-0.4, -0.2) is 14.6 Å². The first-order chi connectivity index (χ1) is 10.4. The molecule has 0 atom stereocenters. The summed E-state index contributed by atoms with van der Waals surface area (Å²) in [7, 11) is -3.62. The summed E-state index contributed by atoms with van der Waals surface area (Å²) >= 11 is 0. The maximum absolute atomic E-state index is 12.1. The van der Waals surface area contributed by atoms with Gasteiger partial charge in [-0.1, -0.05) is 55.8 Å². The number of hydrogen-bond donors (Lipinski definition) is 1. The average molecular weight is 316 g/mol. The molecular formula is C17H20N2O2S. The first-order valence-electron chi connectivity index (χ1n) is 7.10. The number of nitrogens with one attached hydrogen (secondary N) is 1. The summed E-state index contributed by atoms with van der Waals surface area (Å²) in [4.78, 5) is 2.42. The zero-order valence-electron chi connectivity index (χ0n) is 12.9. The highest BCUT2D eigenvalue weighted by Crippen LogP contribution is 2.14. The molecule has 22 heavy (non-hydrogen) atoms. The van der Waals surface area contributed by atoms with Crippen molar-refractivity contribution in [1.82, 2.24) is 4.83 Å². The van der Waals surface area contributed by atoms with Crippen LogP contribution >= 0.6 is 0 Å². The summed E-state index contributed by atoms with van der Waals surface area (Å²) in [6, 6.07) is 14.5. The molecule has 0 saturated carbocycles. The van der Waals surface area contributed by atoms with E-state index >= 15 is 0 Å². The van der Waals surface area contributed by atoms with Gasteiger partial charge in [0.15, 0.2) is 0 Å². The fourth-order valence-electron chi connectivity index (χ4n) is 1.91. The van der Waals surface area contributed by atoms with Gasteiger partial charge in [-0.3, -0.25) is 0 Å². The van der Waals surface area contributed by atoms with Crippen LogP contribution in [0.25, 0.3) is 0 Å². The number of rotatable bonds is 5. The molecule has 0 aliphatic rings. The Morgan fingerprint density at radius 2 is 1.59 bits per heavy atom. The Morgan fingerprint density at radius 3 is 2.14 bits per heavy atom. The standard InChI is InChI=1S/C17H20N2O2S/c1-13(2)16-8-6-15(7-9-16)12-18-19-22(20,21)17-10-4-14(3)5-11-17/h4-13,19H,1-3H3. The van der Waals surface area contributed by atoms with Crippen molar-refractivity contribution < 1.29 is 8.42 Å². The predicted octanol–water partition coefficient (Wildman–Crippen LogP) is 3.43. The minimum Gasteiger partial charge on any atom is -0.200 e. The van der Waals surface area contributed by atoms with E-state index in [9.17, 15) is 8.42 Å². The molecule has 0 fully saturated rings. The van der Waals surface area contributed by atoms with Gasteiger partial charge in [0.2, 0.25) is 0 Å². The summed E-state index contributed by atoms with van der Waals surface area (Å²) in [6.45, 7) is 6.15. The molecule has 0 bridgehead atoms. The smallest absolute Gasteiger partial charge is 0.200 e. The van der Waals surface area contributed by atoms with Crippen LogP contribution < -0.4 is 4.83 Å². The number of hydrogen-bond acceptors (Lipinski definition) is 3. The van der Waals surface area contributed by atoms with Crippen LogP contribution in [0.15, 0.2) is 58.5 Å². The highest BCUT2D eigenvalue weighted by atomic mass is 32.2. The molecule has 0 aliphatic carbocycles. The van der Waals surface area contributed by atoms with E-state index in [1.165, 1.54) is 11.8 Å². The fourth-order valence-corrected chi connectivity index (χ4v) is 2.70. The Balaban J connectivity index is 2.06. The zero-order valence-corrected chi connectivity index (χ0v) is 13.8. The van der Waals surface area contributed by atoms with Gasteiger partial charge in [0.1, 0.15) is 0 Å². The lowest BCUT2D eigenvalue weighted by atomic mass is 10.0. The van der Waals surface area contributed by atoms with Crippen molar-refractivity contribution in [2.45, 2.75) is 31.6 Å². The minimum atomic E-state index is -3.62. The quantitative estimate of drug-likeness (QED) is 0.678. The summed E-state index contributed by atoms with van der Waals surface area (Å²) in [6.07, 6.45) is 1.50. The maximum Gasteiger partial charge on any atom is 0.276 e. The maximum atomic E-state index is 12.1. The number of hydrazone groups is 1. The van der Waals surface area contributed by atoms with E-state index in [2.05, 4.69) is 23.8 Å². The summed E-state index contributed by atoms with van der Waals surface area (Å²) in [5.41, 5.74) is 3.08. The average Bonchev–Trinajstić information content (AvgIpc) is 2.48. The molecule has 5 heteroatoms. The number of aryl methyl sites for hydroxylation is 1. The molecule has 0 amide bonds. The Hall–Kier alpha value is -2.14. The molecule has 0 radical (unpaired) electrons. The third kappa shape index (κ3) is 4.18. The summed E-state index contributed by atoms with van der Waals surface area (Å²) in [5, 5.41) is 3.82. The van der Waals surface area contributed by atoms with Gasteiger partial charge < -0.3 is 0 Å². The van der Waals surface area contributed by atoms with Gasteiger partial charge in [0, 0.05) is 0 Å². The van der Waals surface area contributed by atoms with Crippen molar-refractivity contribution in [2.75, 3.05) is 0 Å². The lowest BCUT2D eigenvalue weighted by Crippen LogP contribution is -2.18. The molecule has 0 saturated heterocycles. The van der Waals surface area contributed by atoms with Crippen molar-refractivity contribution in [3.8, 4) is 0 Å². The van der Waals surface area contributed by atoms with Gasteiger partial charge in [0.25, 0.3) is 10.0 Å². The lowest BCUT2D eigenvalue weighted by Gasteiger charge is -2.05. The van der Waals surface area contributed by atoms with E-state index < -0.39 is 10.0 Å². The second kappa shape index (κ2) is 6.75. The fraction of sp³-hybridized carbons (Fsp3) is 0.235. The van der Waals surface area contributed by atoms with E-state index in [1.54, 1.807) is 24.3 Å². The van der Waals surface area contributed by atoms with E-state index in [0.717, 1.165) is 11.1 Å². The first kappa shape index (κ1) is 16.2. The first-order valence-corrected chi connectivity index (χ1v) is 8.58. The van der Waals surface area contributed by atoms with Crippen LogP contribution in [0.1, 0.15) is 36.5 Å². The molecule has 1 N–H and O–H groups in total. The topological polar surface area (TPSA) is 58.5 Å². The summed E-state index contributed by atoms with van der Waals surface area (Å²) < 4.78 is 24.1. The van der Waals surface area contributed by atoms with Crippen LogP contribution in [0.2, 0.25) is 0 Å². The molecule has 116 valence electrons. The van der Waals surface area contributed by atoms with Gasteiger partial charge >= 0.3 is 0 Å². The Bertz CT molecular complexity index is 746.